The third-order valence-corrected chi connectivity index (χ3v) is 4.66. The van der Waals surface area contributed by atoms with Gasteiger partial charge in [-0.1, -0.05) is 23.2 Å². The molecule has 0 unspecified atom stereocenters. The molecule has 0 fully saturated rings. The molecular weight excluding hydrogens is 354 g/mol. The third-order valence-electron chi connectivity index (χ3n) is 3.27. The number of benzene rings is 2. The zero-order chi connectivity index (χ0) is 17.9. The molecule has 2 N–H and O–H groups in total. The molecule has 0 aliphatic carbocycles. The molecule has 2 aromatic rings. The van der Waals surface area contributed by atoms with Crippen LogP contribution in [-0.2, 0) is 21.4 Å². The number of primary sulfonamides is 1. The van der Waals surface area contributed by atoms with Crippen LogP contribution in [0.15, 0.2) is 41.3 Å². The average Bonchev–Trinajstić information content (AvgIpc) is 2.52. The molecule has 0 saturated heterocycles. The second-order valence-electron chi connectivity index (χ2n) is 5.08. The number of rotatable bonds is 5. The van der Waals surface area contributed by atoms with Crippen LogP contribution < -0.4 is 9.88 Å². The van der Waals surface area contributed by atoms with Crippen LogP contribution in [0.4, 0.5) is 0 Å². The van der Waals surface area contributed by atoms with E-state index in [0.29, 0.717) is 11.3 Å². The highest BCUT2D eigenvalue weighted by atomic mass is 35.5. The predicted molar refractivity (Wildman–Crippen MR) is 89.7 cm³/mol. The summed E-state index contributed by atoms with van der Waals surface area (Å²) >= 11 is 5.79. The van der Waals surface area contributed by atoms with Crippen molar-refractivity contribution in [1.82, 2.24) is 0 Å². The van der Waals surface area contributed by atoms with Gasteiger partial charge in [-0.2, -0.15) is 0 Å². The van der Waals surface area contributed by atoms with Gasteiger partial charge in [-0.15, -0.1) is 0 Å². The smallest absolute Gasteiger partial charge is 0.338 e. The minimum atomic E-state index is -4.03. The van der Waals surface area contributed by atoms with Crippen molar-refractivity contribution >= 4 is 27.6 Å². The molecule has 8 heteroatoms. The molecular formula is C16H16ClNO5S. The van der Waals surface area contributed by atoms with Crippen LogP contribution in [0.5, 0.6) is 5.75 Å². The van der Waals surface area contributed by atoms with Gasteiger partial charge in [-0.3, -0.25) is 0 Å². The van der Waals surface area contributed by atoms with Crippen molar-refractivity contribution in [1.29, 1.82) is 0 Å². The highest BCUT2D eigenvalue weighted by molar-refractivity contribution is 7.89. The molecule has 0 atom stereocenters. The first-order valence-electron chi connectivity index (χ1n) is 6.85. The van der Waals surface area contributed by atoms with Gasteiger partial charge in [0.05, 0.1) is 17.7 Å². The maximum Gasteiger partial charge on any atom is 0.338 e. The number of sulfonamides is 1. The Morgan fingerprint density at radius 3 is 2.54 bits per heavy atom. The van der Waals surface area contributed by atoms with Crippen molar-refractivity contribution in [2.24, 2.45) is 5.14 Å². The Morgan fingerprint density at radius 1 is 1.21 bits per heavy atom. The van der Waals surface area contributed by atoms with Crippen LogP contribution in [0.2, 0.25) is 5.02 Å². The van der Waals surface area contributed by atoms with Crippen molar-refractivity contribution in [3.05, 3.63) is 58.1 Å². The lowest BCUT2D eigenvalue weighted by Crippen LogP contribution is -2.14. The van der Waals surface area contributed by atoms with Crippen LogP contribution in [0.25, 0.3) is 0 Å². The number of carbonyl (C=O) groups is 1. The first kappa shape index (κ1) is 18.3. The van der Waals surface area contributed by atoms with E-state index in [-0.39, 0.29) is 22.1 Å². The number of ether oxygens (including phenoxy) is 2. The summed E-state index contributed by atoms with van der Waals surface area (Å²) in [6.45, 7) is 1.89. The molecule has 24 heavy (non-hydrogen) atoms. The second-order valence-corrected chi connectivity index (χ2v) is 7.02. The van der Waals surface area contributed by atoms with Crippen molar-refractivity contribution in [3.63, 3.8) is 0 Å². The second kappa shape index (κ2) is 7.21. The predicted octanol–water partition coefficient (Wildman–Crippen LogP) is 2.66. The molecule has 0 aliphatic heterocycles. The third kappa shape index (κ3) is 4.25. The zero-order valence-corrected chi connectivity index (χ0v) is 14.6. The normalized spacial score (nSPS) is 11.2. The van der Waals surface area contributed by atoms with Gasteiger partial charge in [-0.25, -0.2) is 18.4 Å². The van der Waals surface area contributed by atoms with Gasteiger partial charge >= 0.3 is 5.97 Å². The van der Waals surface area contributed by atoms with Gasteiger partial charge in [0.15, 0.2) is 0 Å². The summed E-state index contributed by atoms with van der Waals surface area (Å²) in [5.41, 5.74) is 1.73. The topological polar surface area (TPSA) is 95.7 Å². The molecule has 0 heterocycles. The fourth-order valence-corrected chi connectivity index (χ4v) is 3.17. The average molecular weight is 370 g/mol. The number of aryl methyl sites for hydroxylation is 1. The van der Waals surface area contributed by atoms with Gasteiger partial charge in [0.1, 0.15) is 17.3 Å². The summed E-state index contributed by atoms with van der Waals surface area (Å²) in [6.07, 6.45) is 0. The Bertz CT molecular complexity index is 880. The quantitative estimate of drug-likeness (QED) is 0.817. The molecule has 0 aliphatic rings. The fraction of sp³-hybridized carbons (Fsp3) is 0.188. The Hall–Kier alpha value is -2.09. The molecule has 6 nitrogen and oxygen atoms in total. The van der Waals surface area contributed by atoms with E-state index in [9.17, 15) is 13.2 Å². The maximum atomic E-state index is 12.2. The number of hydrogen-bond acceptors (Lipinski definition) is 5. The number of esters is 1. The highest BCUT2D eigenvalue weighted by Gasteiger charge is 2.17. The largest absolute Gasteiger partial charge is 0.496 e. The van der Waals surface area contributed by atoms with Gasteiger partial charge in [0.25, 0.3) is 0 Å². The van der Waals surface area contributed by atoms with E-state index in [1.165, 1.54) is 19.2 Å². The van der Waals surface area contributed by atoms with Gasteiger partial charge in [-0.05, 0) is 37.3 Å². The Balaban J connectivity index is 2.21. The van der Waals surface area contributed by atoms with Crippen molar-refractivity contribution in [3.8, 4) is 5.75 Å². The minimum absolute atomic E-state index is 0.0168. The molecule has 128 valence electrons. The van der Waals surface area contributed by atoms with E-state index in [2.05, 4.69) is 0 Å². The summed E-state index contributed by atoms with van der Waals surface area (Å²) in [5.74, 6) is -0.102. The van der Waals surface area contributed by atoms with E-state index in [1.54, 1.807) is 6.07 Å². The molecule has 0 aromatic heterocycles. The highest BCUT2D eigenvalue weighted by Crippen LogP contribution is 2.23. The number of halogens is 1. The summed E-state index contributed by atoms with van der Waals surface area (Å²) in [7, 11) is -2.51. The van der Waals surface area contributed by atoms with E-state index in [0.717, 1.165) is 11.6 Å². The van der Waals surface area contributed by atoms with Crippen LogP contribution in [-0.4, -0.2) is 21.5 Å². The number of methoxy groups -OCH3 is 1. The lowest BCUT2D eigenvalue weighted by atomic mass is 10.1. The van der Waals surface area contributed by atoms with E-state index in [4.69, 9.17) is 26.2 Å². The molecule has 2 rings (SSSR count). The van der Waals surface area contributed by atoms with E-state index >= 15 is 0 Å². The molecule has 0 amide bonds. The van der Waals surface area contributed by atoms with Crippen LogP contribution in [0, 0.1) is 6.92 Å². The Morgan fingerprint density at radius 2 is 1.92 bits per heavy atom. The maximum absolute atomic E-state index is 12.2. The fourth-order valence-electron chi connectivity index (χ4n) is 2.10. The Labute approximate surface area is 145 Å². The molecule has 0 saturated carbocycles. The van der Waals surface area contributed by atoms with Crippen molar-refractivity contribution in [2.45, 2.75) is 18.4 Å². The number of nitrogens with two attached hydrogens (primary N) is 1. The van der Waals surface area contributed by atoms with Gasteiger partial charge < -0.3 is 9.47 Å². The molecule has 0 spiro atoms. The lowest BCUT2D eigenvalue weighted by Gasteiger charge is -2.11. The van der Waals surface area contributed by atoms with E-state index < -0.39 is 16.0 Å². The lowest BCUT2D eigenvalue weighted by molar-refractivity contribution is 0.0470. The van der Waals surface area contributed by atoms with Gasteiger partial charge in [0, 0.05) is 5.56 Å². The summed E-state index contributed by atoms with van der Waals surface area (Å²) in [6, 6.07) is 9.23. The van der Waals surface area contributed by atoms with E-state index in [1.807, 2.05) is 19.1 Å². The van der Waals surface area contributed by atoms with Crippen LogP contribution in [0.3, 0.4) is 0 Å². The summed E-state index contributed by atoms with van der Waals surface area (Å²) in [4.78, 5) is 11.8. The van der Waals surface area contributed by atoms with Gasteiger partial charge in [0.2, 0.25) is 10.0 Å². The first-order chi connectivity index (χ1) is 11.2. The zero-order valence-electron chi connectivity index (χ0n) is 13.1. The molecule has 0 radical (unpaired) electrons. The standard InChI is InChI=1S/C16H16ClNO5S/c1-10-3-6-14(22-2)12(7-10)9-23-16(19)11-4-5-13(17)15(8-11)24(18,20)21/h3-8H,9H2,1-2H3,(H2,18,20,21). The monoisotopic (exact) mass is 369 g/mol. The first-order valence-corrected chi connectivity index (χ1v) is 8.78. The SMILES string of the molecule is COc1ccc(C)cc1COC(=O)c1ccc(Cl)c(S(N)(=O)=O)c1. The summed E-state index contributed by atoms with van der Waals surface area (Å²) < 4.78 is 33.3. The van der Waals surface area contributed by atoms with Crippen LogP contribution >= 0.6 is 11.6 Å². The molecule has 2 aromatic carbocycles. The minimum Gasteiger partial charge on any atom is -0.496 e. The summed E-state index contributed by atoms with van der Waals surface area (Å²) in [5, 5.41) is 5.00. The molecule has 0 bridgehead atoms. The van der Waals surface area contributed by atoms with Crippen molar-refractivity contribution in [2.75, 3.05) is 7.11 Å². The number of hydrogen-bond donors (Lipinski definition) is 1. The van der Waals surface area contributed by atoms with Crippen molar-refractivity contribution < 1.29 is 22.7 Å². The van der Waals surface area contributed by atoms with Crippen LogP contribution in [0.1, 0.15) is 21.5 Å². The Kier molecular flexibility index (Phi) is 5.48. The number of carbonyl (C=O) groups excluding carboxylic acids is 1.